The highest BCUT2D eigenvalue weighted by atomic mass is 127. The Morgan fingerprint density at radius 2 is 1.15 bits per heavy atom. The number of anilines is 1. The van der Waals surface area contributed by atoms with Crippen LogP contribution in [-0.4, -0.2) is 10.2 Å². The predicted octanol–water partition coefficient (Wildman–Crippen LogP) is 4.58. The highest BCUT2D eigenvalue weighted by molar-refractivity contribution is 14.1. The molecule has 0 spiro atoms. The summed E-state index contributed by atoms with van der Waals surface area (Å²) in [6.45, 7) is -0.825. The van der Waals surface area contributed by atoms with Crippen molar-refractivity contribution in [2.75, 3.05) is 5.73 Å². The lowest BCUT2D eigenvalue weighted by Gasteiger charge is -2.08. The molecule has 0 bridgehead atoms. The van der Waals surface area contributed by atoms with Gasteiger partial charge >= 0.3 is 12.4 Å². The van der Waals surface area contributed by atoms with Gasteiger partial charge in [0.25, 0.3) is 0 Å². The minimum absolute atomic E-state index is 0.00104. The van der Waals surface area contributed by atoms with Crippen molar-refractivity contribution in [3.05, 3.63) is 62.2 Å². The predicted molar refractivity (Wildman–Crippen MR) is 91.9 cm³/mol. The zero-order chi connectivity index (χ0) is 20.1. The zero-order valence-corrected chi connectivity index (χ0v) is 15.2. The van der Waals surface area contributed by atoms with E-state index >= 15 is 0 Å². The second-order valence-corrected chi connectivity index (χ2v) is 6.37. The van der Waals surface area contributed by atoms with E-state index in [2.05, 4.69) is 0 Å². The van der Waals surface area contributed by atoms with E-state index in [1.807, 2.05) is 0 Å². The molecule has 2 rings (SSSR count). The minimum atomic E-state index is -4.42. The Morgan fingerprint density at radius 1 is 0.731 bits per heavy atom. The lowest BCUT2D eigenvalue weighted by Crippen LogP contribution is -2.06. The van der Waals surface area contributed by atoms with Crippen molar-refractivity contribution in [2.45, 2.75) is 25.6 Å². The average Bonchev–Trinajstić information content (AvgIpc) is 2.52. The summed E-state index contributed by atoms with van der Waals surface area (Å²) >= 11 is 1.78. The summed E-state index contributed by atoms with van der Waals surface area (Å²) in [6.07, 6.45) is -8.76. The number of nitrogen functional groups attached to an aromatic ring is 1. The molecule has 2 aromatic rings. The molecule has 4 N–H and O–H groups in total. The summed E-state index contributed by atoms with van der Waals surface area (Å²) in [7, 11) is 0. The number of alkyl halides is 6. The summed E-state index contributed by atoms with van der Waals surface area (Å²) in [6, 6.07) is 6.50. The van der Waals surface area contributed by atoms with Crippen molar-refractivity contribution < 1.29 is 36.6 Å². The number of hydrogen-bond acceptors (Lipinski definition) is 3. The fourth-order valence-electron chi connectivity index (χ4n) is 1.88. The molecule has 0 aliphatic rings. The minimum Gasteiger partial charge on any atom is -0.399 e. The topological polar surface area (TPSA) is 66.5 Å². The SMILES string of the molecule is Nc1cc(CO)cc(C(F)(F)F)c1.OCc1cc(I)cc(C(F)(F)F)c1. The molecule has 144 valence electrons. The standard InChI is InChI=1S/C8H6F3IO.C8H8F3NO/c2*9-8(10,11)6-1-5(4-13)2-7(12)3-6/h1-3,13H,4H2;1-3,13H,4,12H2. The summed E-state index contributed by atoms with van der Waals surface area (Å²) < 4.78 is 73.5. The normalized spacial score (nSPS) is 11.7. The molecule has 0 heterocycles. The van der Waals surface area contributed by atoms with Gasteiger partial charge in [0.1, 0.15) is 0 Å². The van der Waals surface area contributed by atoms with Gasteiger partial charge in [-0.1, -0.05) is 0 Å². The summed E-state index contributed by atoms with van der Waals surface area (Å²) in [5.41, 5.74) is 4.10. The van der Waals surface area contributed by atoms with Crippen LogP contribution >= 0.6 is 22.6 Å². The number of halogens is 7. The number of hydrogen-bond donors (Lipinski definition) is 3. The summed E-state index contributed by atoms with van der Waals surface area (Å²) in [5, 5.41) is 17.3. The number of aliphatic hydroxyl groups excluding tert-OH is 2. The Kier molecular flexibility index (Phi) is 7.71. The van der Waals surface area contributed by atoms with E-state index < -0.39 is 30.1 Å². The maximum atomic E-state index is 12.2. The molecule has 0 aromatic heterocycles. The first-order valence-electron chi connectivity index (χ1n) is 6.92. The van der Waals surface area contributed by atoms with E-state index in [4.69, 9.17) is 15.9 Å². The second kappa shape index (κ2) is 8.91. The van der Waals surface area contributed by atoms with Gasteiger partial charge in [-0.2, -0.15) is 26.3 Å². The number of nitrogens with two attached hydrogens (primary N) is 1. The van der Waals surface area contributed by atoms with Crippen LogP contribution in [0.1, 0.15) is 22.3 Å². The average molecular weight is 493 g/mol. The molecule has 0 atom stereocenters. The molecule has 10 heteroatoms. The van der Waals surface area contributed by atoms with Gasteiger partial charge in [0, 0.05) is 9.26 Å². The van der Waals surface area contributed by atoms with Crippen LogP contribution in [0.25, 0.3) is 0 Å². The highest BCUT2D eigenvalue weighted by Gasteiger charge is 2.31. The highest BCUT2D eigenvalue weighted by Crippen LogP contribution is 2.32. The van der Waals surface area contributed by atoms with E-state index in [1.54, 1.807) is 22.6 Å². The lowest BCUT2D eigenvalue weighted by molar-refractivity contribution is -0.138. The van der Waals surface area contributed by atoms with Crippen LogP contribution in [-0.2, 0) is 25.6 Å². The molecule has 3 nitrogen and oxygen atoms in total. The summed E-state index contributed by atoms with van der Waals surface area (Å²) in [4.78, 5) is 0. The van der Waals surface area contributed by atoms with Crippen molar-refractivity contribution in [3.8, 4) is 0 Å². The van der Waals surface area contributed by atoms with Gasteiger partial charge in [0.05, 0.1) is 24.3 Å². The van der Waals surface area contributed by atoms with Crippen molar-refractivity contribution >= 4 is 28.3 Å². The first-order chi connectivity index (χ1) is 11.9. The Morgan fingerprint density at radius 3 is 1.58 bits per heavy atom. The van der Waals surface area contributed by atoms with Crippen LogP contribution < -0.4 is 5.73 Å². The van der Waals surface area contributed by atoms with Crippen molar-refractivity contribution in [1.29, 1.82) is 0 Å². The smallest absolute Gasteiger partial charge is 0.399 e. The van der Waals surface area contributed by atoms with Crippen LogP contribution in [0.3, 0.4) is 0 Å². The molecule has 0 aliphatic carbocycles. The van der Waals surface area contributed by atoms with Gasteiger partial charge in [-0.25, -0.2) is 0 Å². The van der Waals surface area contributed by atoms with E-state index in [9.17, 15) is 26.3 Å². The third kappa shape index (κ3) is 7.00. The first-order valence-corrected chi connectivity index (χ1v) is 7.99. The molecular weight excluding hydrogens is 479 g/mol. The number of rotatable bonds is 2. The third-order valence-electron chi connectivity index (χ3n) is 2.99. The van der Waals surface area contributed by atoms with Crippen LogP contribution in [0.5, 0.6) is 0 Å². The van der Waals surface area contributed by atoms with E-state index in [1.165, 1.54) is 12.1 Å². The van der Waals surface area contributed by atoms with Gasteiger partial charge in [0.2, 0.25) is 0 Å². The maximum Gasteiger partial charge on any atom is 0.416 e. The van der Waals surface area contributed by atoms with Crippen LogP contribution in [0, 0.1) is 3.57 Å². The van der Waals surface area contributed by atoms with E-state index in [-0.39, 0.29) is 23.4 Å². The van der Waals surface area contributed by atoms with Gasteiger partial charge in [-0.05, 0) is 70.1 Å². The van der Waals surface area contributed by atoms with Crippen molar-refractivity contribution in [3.63, 3.8) is 0 Å². The largest absolute Gasteiger partial charge is 0.416 e. The monoisotopic (exact) mass is 493 g/mol. The third-order valence-corrected chi connectivity index (χ3v) is 3.62. The molecule has 0 fully saturated rings. The molecule has 0 unspecified atom stereocenters. The van der Waals surface area contributed by atoms with E-state index in [0.717, 1.165) is 24.3 Å². The van der Waals surface area contributed by atoms with Crippen LogP contribution in [0.2, 0.25) is 0 Å². The first kappa shape index (κ1) is 22.5. The summed E-state index contributed by atoms with van der Waals surface area (Å²) in [5.74, 6) is 0. The maximum absolute atomic E-state index is 12.2. The Balaban J connectivity index is 0.000000260. The molecular formula is C16H14F6INO2. The van der Waals surface area contributed by atoms with Crippen molar-refractivity contribution in [1.82, 2.24) is 0 Å². The van der Waals surface area contributed by atoms with Crippen molar-refractivity contribution in [2.24, 2.45) is 0 Å². The second-order valence-electron chi connectivity index (χ2n) is 5.12. The molecule has 0 amide bonds. The Bertz CT molecular complexity index is 683. The molecule has 0 aliphatic heterocycles. The molecule has 2 aromatic carbocycles. The fraction of sp³-hybridized carbons (Fsp3) is 0.250. The molecule has 0 radical (unpaired) electrons. The quantitative estimate of drug-likeness (QED) is 0.326. The molecule has 0 saturated carbocycles. The van der Waals surface area contributed by atoms with Crippen LogP contribution in [0.15, 0.2) is 36.4 Å². The number of aliphatic hydroxyl groups is 2. The van der Waals surface area contributed by atoms with Gasteiger partial charge in [0.15, 0.2) is 0 Å². The Hall–Kier alpha value is -1.53. The van der Waals surface area contributed by atoms with Gasteiger partial charge in [-0.3, -0.25) is 0 Å². The molecule has 0 saturated heterocycles. The molecule has 26 heavy (non-hydrogen) atoms. The Labute approximate surface area is 158 Å². The van der Waals surface area contributed by atoms with E-state index in [0.29, 0.717) is 3.57 Å². The van der Waals surface area contributed by atoms with Gasteiger partial charge < -0.3 is 15.9 Å². The fourth-order valence-corrected chi connectivity index (χ4v) is 2.61. The van der Waals surface area contributed by atoms with Crippen LogP contribution in [0.4, 0.5) is 32.0 Å². The van der Waals surface area contributed by atoms with Gasteiger partial charge in [-0.15, -0.1) is 0 Å². The lowest BCUT2D eigenvalue weighted by atomic mass is 10.1. The number of benzene rings is 2. The zero-order valence-electron chi connectivity index (χ0n) is 13.0.